The molecule has 2 rings (SSSR count). The number of rotatable bonds is 6. The van der Waals surface area contributed by atoms with Gasteiger partial charge in [-0.2, -0.15) is 0 Å². The first-order chi connectivity index (χ1) is 10.2. The minimum atomic E-state index is 0.470. The minimum absolute atomic E-state index is 0.470. The van der Waals surface area contributed by atoms with Gasteiger partial charge in [0.2, 0.25) is 0 Å². The summed E-state index contributed by atoms with van der Waals surface area (Å²) >= 11 is 0. The number of benzene rings is 1. The third-order valence-corrected chi connectivity index (χ3v) is 3.20. The molecule has 2 aromatic rings. The first-order valence-electron chi connectivity index (χ1n) is 6.99. The second-order valence-corrected chi connectivity index (χ2v) is 5.04. The standard InChI is InChI=1S/C17H20N2O2/c1-13-4-3-5-16(18-13)12-21-17-10-8-15(9-11-17)7-6-14(2)19-20/h3-5,8-11,20H,6-7,12H2,1-2H3. The highest BCUT2D eigenvalue weighted by Gasteiger charge is 2.00. The summed E-state index contributed by atoms with van der Waals surface area (Å²) in [5, 5.41) is 11.8. The number of hydrogen-bond donors (Lipinski definition) is 1. The van der Waals surface area contributed by atoms with E-state index in [9.17, 15) is 0 Å². The van der Waals surface area contributed by atoms with E-state index < -0.39 is 0 Å². The summed E-state index contributed by atoms with van der Waals surface area (Å²) in [4.78, 5) is 4.40. The van der Waals surface area contributed by atoms with Gasteiger partial charge in [-0.25, -0.2) is 0 Å². The molecule has 1 heterocycles. The Kier molecular flexibility index (Phi) is 5.32. The number of ether oxygens (including phenoxy) is 1. The molecular formula is C17H20N2O2. The number of pyridine rings is 1. The van der Waals surface area contributed by atoms with Crippen LogP contribution >= 0.6 is 0 Å². The lowest BCUT2D eigenvalue weighted by Gasteiger charge is -2.07. The van der Waals surface area contributed by atoms with Crippen LogP contribution in [0.5, 0.6) is 5.75 Å². The van der Waals surface area contributed by atoms with Crippen molar-refractivity contribution in [2.45, 2.75) is 33.3 Å². The fourth-order valence-electron chi connectivity index (χ4n) is 1.96. The fourth-order valence-corrected chi connectivity index (χ4v) is 1.96. The zero-order valence-corrected chi connectivity index (χ0v) is 12.4. The van der Waals surface area contributed by atoms with Crippen molar-refractivity contribution in [3.8, 4) is 5.75 Å². The van der Waals surface area contributed by atoms with Crippen LogP contribution in [-0.4, -0.2) is 15.9 Å². The van der Waals surface area contributed by atoms with E-state index in [1.807, 2.05) is 56.3 Å². The third kappa shape index (κ3) is 4.91. The highest BCUT2D eigenvalue weighted by molar-refractivity contribution is 5.81. The van der Waals surface area contributed by atoms with Crippen molar-refractivity contribution in [1.29, 1.82) is 0 Å². The second-order valence-electron chi connectivity index (χ2n) is 5.04. The van der Waals surface area contributed by atoms with Crippen molar-refractivity contribution in [3.63, 3.8) is 0 Å². The molecule has 0 radical (unpaired) electrons. The molecule has 0 aliphatic heterocycles. The van der Waals surface area contributed by atoms with Gasteiger partial charge in [0.05, 0.1) is 11.4 Å². The quantitative estimate of drug-likeness (QED) is 0.499. The number of aryl methyl sites for hydroxylation is 2. The Morgan fingerprint density at radius 2 is 1.95 bits per heavy atom. The molecule has 0 bridgehead atoms. The molecule has 110 valence electrons. The molecule has 0 saturated heterocycles. The lowest BCUT2D eigenvalue weighted by molar-refractivity contribution is 0.301. The van der Waals surface area contributed by atoms with Crippen molar-refractivity contribution in [2.24, 2.45) is 5.16 Å². The summed E-state index contributed by atoms with van der Waals surface area (Å²) in [6.07, 6.45) is 1.61. The van der Waals surface area contributed by atoms with Crippen molar-refractivity contribution in [2.75, 3.05) is 0 Å². The van der Waals surface area contributed by atoms with E-state index in [2.05, 4.69) is 10.1 Å². The van der Waals surface area contributed by atoms with E-state index in [1.165, 1.54) is 5.56 Å². The number of hydrogen-bond acceptors (Lipinski definition) is 4. The molecule has 0 amide bonds. The maximum absolute atomic E-state index is 8.62. The van der Waals surface area contributed by atoms with Gasteiger partial charge in [-0.15, -0.1) is 0 Å². The van der Waals surface area contributed by atoms with Gasteiger partial charge in [-0.3, -0.25) is 4.98 Å². The average molecular weight is 284 g/mol. The molecule has 0 atom stereocenters. The van der Waals surface area contributed by atoms with Gasteiger partial charge < -0.3 is 9.94 Å². The van der Waals surface area contributed by atoms with Gasteiger partial charge in [0, 0.05) is 5.69 Å². The smallest absolute Gasteiger partial charge is 0.130 e. The van der Waals surface area contributed by atoms with Crippen LogP contribution in [0.15, 0.2) is 47.6 Å². The van der Waals surface area contributed by atoms with E-state index in [0.29, 0.717) is 6.61 Å². The Bertz CT molecular complexity index is 606. The largest absolute Gasteiger partial charge is 0.487 e. The number of nitrogens with zero attached hydrogens (tertiary/aromatic N) is 2. The molecule has 4 heteroatoms. The molecule has 1 N–H and O–H groups in total. The maximum Gasteiger partial charge on any atom is 0.130 e. The van der Waals surface area contributed by atoms with Gasteiger partial charge in [0.25, 0.3) is 0 Å². The molecule has 1 aromatic carbocycles. The first kappa shape index (κ1) is 15.0. The SMILES string of the molecule is CC(CCc1ccc(OCc2cccc(C)n2)cc1)=NO. The monoisotopic (exact) mass is 284 g/mol. The molecule has 0 aliphatic carbocycles. The lowest BCUT2D eigenvalue weighted by Crippen LogP contribution is -1.99. The number of oxime groups is 1. The molecule has 0 fully saturated rings. The normalized spacial score (nSPS) is 11.4. The van der Waals surface area contributed by atoms with Crippen LogP contribution in [-0.2, 0) is 13.0 Å². The number of aromatic nitrogens is 1. The molecule has 0 aliphatic rings. The third-order valence-electron chi connectivity index (χ3n) is 3.20. The molecular weight excluding hydrogens is 264 g/mol. The molecule has 0 unspecified atom stereocenters. The summed E-state index contributed by atoms with van der Waals surface area (Å²) in [5.41, 5.74) is 3.85. The van der Waals surface area contributed by atoms with Crippen molar-refractivity contribution >= 4 is 5.71 Å². The van der Waals surface area contributed by atoms with E-state index >= 15 is 0 Å². The van der Waals surface area contributed by atoms with Crippen LogP contribution in [0.3, 0.4) is 0 Å². The summed E-state index contributed by atoms with van der Waals surface area (Å²) in [6, 6.07) is 13.9. The molecule has 4 nitrogen and oxygen atoms in total. The van der Waals surface area contributed by atoms with E-state index in [1.54, 1.807) is 0 Å². The summed E-state index contributed by atoms with van der Waals surface area (Å²) in [7, 11) is 0. The van der Waals surface area contributed by atoms with E-state index in [4.69, 9.17) is 9.94 Å². The Balaban J connectivity index is 1.87. The van der Waals surface area contributed by atoms with Gasteiger partial charge in [-0.1, -0.05) is 23.4 Å². The van der Waals surface area contributed by atoms with E-state index in [-0.39, 0.29) is 0 Å². The van der Waals surface area contributed by atoms with Crippen LogP contribution in [0.25, 0.3) is 0 Å². The fraction of sp³-hybridized carbons (Fsp3) is 0.294. The summed E-state index contributed by atoms with van der Waals surface area (Å²) in [6.45, 7) is 4.25. The topological polar surface area (TPSA) is 54.7 Å². The van der Waals surface area contributed by atoms with Crippen LogP contribution in [0.2, 0.25) is 0 Å². The highest BCUT2D eigenvalue weighted by atomic mass is 16.5. The molecule has 0 spiro atoms. The van der Waals surface area contributed by atoms with Gasteiger partial charge in [0.15, 0.2) is 0 Å². The molecule has 21 heavy (non-hydrogen) atoms. The summed E-state index contributed by atoms with van der Waals surface area (Å²) in [5.74, 6) is 0.828. The predicted molar refractivity (Wildman–Crippen MR) is 83.0 cm³/mol. The van der Waals surface area contributed by atoms with Crippen LogP contribution in [0, 0.1) is 6.92 Å². The predicted octanol–water partition coefficient (Wildman–Crippen LogP) is 3.75. The molecule has 1 aromatic heterocycles. The Morgan fingerprint density at radius 1 is 1.19 bits per heavy atom. The van der Waals surface area contributed by atoms with Gasteiger partial charge in [-0.05, 0) is 56.5 Å². The lowest BCUT2D eigenvalue weighted by atomic mass is 10.1. The average Bonchev–Trinajstić information content (AvgIpc) is 2.51. The van der Waals surface area contributed by atoms with Gasteiger partial charge in [0.1, 0.15) is 12.4 Å². The van der Waals surface area contributed by atoms with Crippen LogP contribution in [0.4, 0.5) is 0 Å². The first-order valence-corrected chi connectivity index (χ1v) is 6.99. The maximum atomic E-state index is 8.62. The minimum Gasteiger partial charge on any atom is -0.487 e. The van der Waals surface area contributed by atoms with Crippen LogP contribution in [0.1, 0.15) is 30.3 Å². The van der Waals surface area contributed by atoms with Crippen molar-refractivity contribution in [3.05, 3.63) is 59.4 Å². The molecule has 0 saturated carbocycles. The Labute approximate surface area is 125 Å². The zero-order chi connectivity index (χ0) is 15.1. The Hall–Kier alpha value is -2.36. The van der Waals surface area contributed by atoms with Crippen LogP contribution < -0.4 is 4.74 Å². The highest BCUT2D eigenvalue weighted by Crippen LogP contribution is 2.15. The van der Waals surface area contributed by atoms with Gasteiger partial charge >= 0.3 is 0 Å². The van der Waals surface area contributed by atoms with Crippen molar-refractivity contribution in [1.82, 2.24) is 4.98 Å². The second kappa shape index (κ2) is 7.43. The summed E-state index contributed by atoms with van der Waals surface area (Å²) < 4.78 is 5.72. The Morgan fingerprint density at radius 3 is 2.62 bits per heavy atom. The zero-order valence-electron chi connectivity index (χ0n) is 12.4. The van der Waals surface area contributed by atoms with E-state index in [0.717, 1.165) is 35.7 Å². The van der Waals surface area contributed by atoms with Crippen molar-refractivity contribution < 1.29 is 9.94 Å².